The first kappa shape index (κ1) is 30.4. The molecule has 0 aromatic heterocycles. The molecule has 4 aromatic rings. The summed E-state index contributed by atoms with van der Waals surface area (Å²) in [4.78, 5) is 5.37. The van der Waals surface area contributed by atoms with Crippen LogP contribution in [-0.2, 0) is 6.42 Å². The predicted octanol–water partition coefficient (Wildman–Crippen LogP) is 8.56. The molecule has 3 heteroatoms. The Hall–Kier alpha value is -3.66. The monoisotopic (exact) mass is 583 g/mol. The van der Waals surface area contributed by atoms with Crippen molar-refractivity contribution in [1.82, 2.24) is 15.1 Å². The molecule has 3 nitrogen and oxygen atoms in total. The van der Waals surface area contributed by atoms with E-state index >= 15 is 0 Å². The fraction of sp³-hybridized carbons (Fsp3) is 0.366. The van der Waals surface area contributed by atoms with Crippen molar-refractivity contribution < 1.29 is 0 Å². The standard InChI is InChI=1S/C41H49N3/c1-33(42-30-41(38-22-10-4-11-23-38)44-26-12-5-13-27-44)39-24-14-16-34(29-39)28-35-17-15-25-43(31-35)32-40(36-18-6-2-7-19-36)37-20-8-3-9-21-37/h2-4,6-11,14,16,18-24,29,35,40-42H,1,5,12-13,15,17,25-28,30-32H2. The lowest BCUT2D eigenvalue weighted by Gasteiger charge is -2.36. The van der Waals surface area contributed by atoms with Crippen LogP contribution in [0.3, 0.4) is 0 Å². The summed E-state index contributed by atoms with van der Waals surface area (Å²) in [7, 11) is 0. The molecule has 2 fully saturated rings. The molecule has 2 atom stereocenters. The van der Waals surface area contributed by atoms with Gasteiger partial charge in [-0.1, -0.05) is 122 Å². The van der Waals surface area contributed by atoms with Crippen molar-refractivity contribution in [3.05, 3.63) is 150 Å². The number of nitrogens with zero attached hydrogens (tertiary/aromatic N) is 2. The number of benzene rings is 4. The molecule has 0 spiro atoms. The molecular weight excluding hydrogens is 534 g/mol. The van der Waals surface area contributed by atoms with E-state index in [-0.39, 0.29) is 0 Å². The van der Waals surface area contributed by atoms with Gasteiger partial charge in [0.1, 0.15) is 0 Å². The molecule has 4 aromatic carbocycles. The van der Waals surface area contributed by atoms with E-state index in [1.165, 1.54) is 79.6 Å². The molecule has 2 heterocycles. The highest BCUT2D eigenvalue weighted by Crippen LogP contribution is 2.30. The van der Waals surface area contributed by atoms with Crippen LogP contribution in [-0.4, -0.2) is 49.1 Å². The highest BCUT2D eigenvalue weighted by Gasteiger charge is 2.25. The second-order valence-corrected chi connectivity index (χ2v) is 12.9. The number of piperidine rings is 2. The smallest absolute Gasteiger partial charge is 0.0520 e. The van der Waals surface area contributed by atoms with Crippen molar-refractivity contribution in [3.63, 3.8) is 0 Å². The van der Waals surface area contributed by atoms with Crippen LogP contribution in [0.15, 0.2) is 122 Å². The van der Waals surface area contributed by atoms with Gasteiger partial charge in [0.2, 0.25) is 0 Å². The molecule has 1 N–H and O–H groups in total. The third kappa shape index (κ3) is 8.08. The fourth-order valence-corrected chi connectivity index (χ4v) is 7.42. The van der Waals surface area contributed by atoms with Crippen LogP contribution in [0.4, 0.5) is 0 Å². The van der Waals surface area contributed by atoms with Gasteiger partial charge in [-0.15, -0.1) is 0 Å². The normalized spacial score (nSPS) is 18.6. The minimum atomic E-state index is 0.375. The summed E-state index contributed by atoms with van der Waals surface area (Å²) >= 11 is 0. The van der Waals surface area contributed by atoms with Crippen molar-refractivity contribution in [2.24, 2.45) is 5.92 Å². The van der Waals surface area contributed by atoms with Gasteiger partial charge in [-0.25, -0.2) is 0 Å². The molecule has 2 unspecified atom stereocenters. The average Bonchev–Trinajstić information content (AvgIpc) is 3.09. The lowest BCUT2D eigenvalue weighted by molar-refractivity contribution is 0.164. The van der Waals surface area contributed by atoms with Crippen molar-refractivity contribution >= 4 is 5.70 Å². The molecule has 0 aliphatic carbocycles. The van der Waals surface area contributed by atoms with Gasteiger partial charge < -0.3 is 10.2 Å². The molecule has 228 valence electrons. The van der Waals surface area contributed by atoms with Gasteiger partial charge in [-0.3, -0.25) is 4.90 Å². The highest BCUT2D eigenvalue weighted by atomic mass is 15.2. The summed E-state index contributed by atoms with van der Waals surface area (Å²) in [5, 5.41) is 3.74. The van der Waals surface area contributed by atoms with E-state index in [0.717, 1.165) is 31.8 Å². The van der Waals surface area contributed by atoms with E-state index in [4.69, 9.17) is 0 Å². The molecule has 2 aliphatic heterocycles. The maximum Gasteiger partial charge on any atom is 0.0520 e. The highest BCUT2D eigenvalue weighted by molar-refractivity contribution is 5.62. The Morgan fingerprint density at radius 1 is 0.705 bits per heavy atom. The number of hydrogen-bond donors (Lipinski definition) is 1. The summed E-state index contributed by atoms with van der Waals surface area (Å²) in [5.74, 6) is 1.08. The van der Waals surface area contributed by atoms with Crippen LogP contribution >= 0.6 is 0 Å². The molecule has 6 rings (SSSR count). The molecular formula is C41H49N3. The quantitative estimate of drug-likeness (QED) is 0.180. The lowest BCUT2D eigenvalue weighted by Crippen LogP contribution is -2.39. The summed E-state index contributed by atoms with van der Waals surface area (Å²) in [6, 6.07) is 42.6. The number of rotatable bonds is 12. The first-order valence-electron chi connectivity index (χ1n) is 16.9. The Bertz CT molecular complexity index is 1390. The largest absolute Gasteiger partial charge is 0.383 e. The molecule has 2 saturated heterocycles. The van der Waals surface area contributed by atoms with Gasteiger partial charge in [-0.2, -0.15) is 0 Å². The van der Waals surface area contributed by atoms with E-state index < -0.39 is 0 Å². The van der Waals surface area contributed by atoms with Gasteiger partial charge in [0.15, 0.2) is 0 Å². The van der Waals surface area contributed by atoms with Crippen LogP contribution in [0.2, 0.25) is 0 Å². The van der Waals surface area contributed by atoms with Crippen LogP contribution < -0.4 is 5.32 Å². The Labute approximate surface area is 265 Å². The van der Waals surface area contributed by atoms with Crippen molar-refractivity contribution in [2.45, 2.75) is 50.5 Å². The van der Waals surface area contributed by atoms with E-state index in [1.54, 1.807) is 0 Å². The number of hydrogen-bond acceptors (Lipinski definition) is 3. The van der Waals surface area contributed by atoms with Gasteiger partial charge >= 0.3 is 0 Å². The van der Waals surface area contributed by atoms with Gasteiger partial charge in [0.25, 0.3) is 0 Å². The van der Waals surface area contributed by atoms with Crippen molar-refractivity contribution in [1.29, 1.82) is 0 Å². The molecule has 0 amide bonds. The SMILES string of the molecule is C=C(NCC(c1ccccc1)N1CCCCC1)c1cccc(CC2CCCN(CC(c3ccccc3)c3ccccc3)C2)c1. The molecule has 0 saturated carbocycles. The van der Waals surface area contributed by atoms with Gasteiger partial charge in [0, 0.05) is 31.2 Å². The molecule has 2 aliphatic rings. The molecule has 0 bridgehead atoms. The summed E-state index contributed by atoms with van der Waals surface area (Å²) in [6.07, 6.45) is 7.64. The van der Waals surface area contributed by atoms with Crippen molar-refractivity contribution in [2.75, 3.05) is 39.3 Å². The van der Waals surface area contributed by atoms with Crippen LogP contribution in [0.5, 0.6) is 0 Å². The van der Waals surface area contributed by atoms with E-state index in [2.05, 4.69) is 137 Å². The summed E-state index contributed by atoms with van der Waals surface area (Å²) in [5.41, 5.74) is 7.89. The Morgan fingerprint density at radius 3 is 2.00 bits per heavy atom. The first-order valence-corrected chi connectivity index (χ1v) is 16.9. The zero-order valence-electron chi connectivity index (χ0n) is 26.3. The maximum atomic E-state index is 4.49. The third-order valence-corrected chi connectivity index (χ3v) is 9.77. The Balaban J connectivity index is 1.08. The summed E-state index contributed by atoms with van der Waals surface area (Å²) in [6.45, 7) is 11.2. The van der Waals surface area contributed by atoms with Crippen LogP contribution in [0.25, 0.3) is 5.70 Å². The van der Waals surface area contributed by atoms with Crippen LogP contribution in [0.1, 0.15) is 71.9 Å². The van der Waals surface area contributed by atoms with E-state index in [1.807, 2.05) is 0 Å². The fourth-order valence-electron chi connectivity index (χ4n) is 7.42. The lowest BCUT2D eigenvalue weighted by atomic mass is 9.87. The van der Waals surface area contributed by atoms with Crippen molar-refractivity contribution in [3.8, 4) is 0 Å². The van der Waals surface area contributed by atoms with E-state index in [0.29, 0.717) is 17.9 Å². The maximum absolute atomic E-state index is 4.49. The first-order chi connectivity index (χ1) is 21.7. The van der Waals surface area contributed by atoms with Crippen LogP contribution in [0, 0.1) is 5.92 Å². The predicted molar refractivity (Wildman–Crippen MR) is 186 cm³/mol. The van der Waals surface area contributed by atoms with Gasteiger partial charge in [-0.05, 0) is 91.5 Å². The minimum absolute atomic E-state index is 0.375. The third-order valence-electron chi connectivity index (χ3n) is 9.77. The summed E-state index contributed by atoms with van der Waals surface area (Å²) < 4.78 is 0. The Morgan fingerprint density at radius 2 is 1.34 bits per heavy atom. The van der Waals surface area contributed by atoms with Gasteiger partial charge in [0.05, 0.1) is 6.04 Å². The zero-order valence-corrected chi connectivity index (χ0v) is 26.3. The second-order valence-electron chi connectivity index (χ2n) is 12.9. The Kier molecular flexibility index (Phi) is 10.6. The molecule has 44 heavy (non-hydrogen) atoms. The number of likely N-dealkylation sites (tertiary alicyclic amines) is 2. The molecule has 0 radical (unpaired) electrons. The number of nitrogens with one attached hydrogen (secondary N) is 1. The topological polar surface area (TPSA) is 18.5 Å². The second kappa shape index (κ2) is 15.4. The van der Waals surface area contributed by atoms with E-state index in [9.17, 15) is 0 Å². The average molecular weight is 584 g/mol. The zero-order chi connectivity index (χ0) is 30.0. The minimum Gasteiger partial charge on any atom is -0.383 e.